The van der Waals surface area contributed by atoms with E-state index < -0.39 is 17.0 Å². The van der Waals surface area contributed by atoms with E-state index in [4.69, 9.17) is 4.74 Å². The van der Waals surface area contributed by atoms with E-state index in [9.17, 15) is 19.6 Å². The summed E-state index contributed by atoms with van der Waals surface area (Å²) in [5, 5.41) is 28.6. The number of ether oxygens (including phenoxy) is 1. The predicted octanol–water partition coefficient (Wildman–Crippen LogP) is 5.88. The molecule has 0 aliphatic carbocycles. The molecule has 0 saturated carbocycles. The molecule has 2 aromatic carbocycles. The number of rotatable bonds is 5. The van der Waals surface area contributed by atoms with Gasteiger partial charge >= 0.3 is 5.97 Å². The highest BCUT2D eigenvalue weighted by Gasteiger charge is 2.42. The first-order chi connectivity index (χ1) is 17.1. The number of aliphatic carboxylic acids is 1. The first-order valence-corrected chi connectivity index (χ1v) is 12.1. The van der Waals surface area contributed by atoms with Crippen LogP contribution in [0, 0.1) is 24.1 Å². The van der Waals surface area contributed by atoms with E-state index in [1.54, 1.807) is 26.1 Å². The summed E-state index contributed by atoms with van der Waals surface area (Å²) in [5.74, 6) is -1.32. The Morgan fingerprint density at radius 2 is 2.17 bits per heavy atom. The predicted molar refractivity (Wildman–Crippen MR) is 135 cm³/mol. The lowest BCUT2D eigenvalue weighted by Crippen LogP contribution is -2.43. The molecule has 1 saturated heterocycles. The zero-order chi connectivity index (χ0) is 25.8. The van der Waals surface area contributed by atoms with E-state index in [2.05, 4.69) is 33.0 Å². The maximum Gasteiger partial charge on any atom is 0.335 e. The normalized spacial score (nSPS) is 20.6. The Morgan fingerprint density at radius 3 is 2.81 bits per heavy atom. The summed E-state index contributed by atoms with van der Waals surface area (Å²) in [7, 11) is 0. The lowest BCUT2D eigenvalue weighted by molar-refractivity contribution is -0.170. The number of carboxylic acid groups (broad SMARTS) is 1. The quantitative estimate of drug-likeness (QED) is 0.365. The summed E-state index contributed by atoms with van der Waals surface area (Å²) in [4.78, 5) is 11.8. The number of nitrogens with one attached hydrogen (secondary N) is 1. The third-order valence-corrected chi connectivity index (χ3v) is 7.56. The van der Waals surface area contributed by atoms with Crippen LogP contribution in [0.1, 0.15) is 62.8 Å². The lowest BCUT2D eigenvalue weighted by atomic mass is 9.77. The molecule has 4 aromatic rings. The maximum atomic E-state index is 14.3. The summed E-state index contributed by atoms with van der Waals surface area (Å²) in [6, 6.07) is 11.5. The van der Waals surface area contributed by atoms with Crippen LogP contribution in [0.3, 0.4) is 0 Å². The van der Waals surface area contributed by atoms with Crippen molar-refractivity contribution in [2.45, 2.75) is 63.9 Å². The fourth-order valence-corrected chi connectivity index (χ4v) is 5.43. The van der Waals surface area contributed by atoms with E-state index in [0.717, 1.165) is 38.8 Å². The van der Waals surface area contributed by atoms with Gasteiger partial charge in [-0.15, -0.1) is 0 Å². The molecule has 0 bridgehead atoms. The van der Waals surface area contributed by atoms with E-state index in [-0.39, 0.29) is 24.8 Å². The Bertz CT molecular complexity index is 1530. The molecule has 2 atom stereocenters. The second-order valence-electron chi connectivity index (χ2n) is 10.7. The fourth-order valence-electron chi connectivity index (χ4n) is 5.43. The second-order valence-corrected chi connectivity index (χ2v) is 10.7. The number of H-pyrrole nitrogens is 1. The van der Waals surface area contributed by atoms with Crippen LogP contribution in [0.4, 0.5) is 4.39 Å². The van der Waals surface area contributed by atoms with E-state index >= 15 is 0 Å². The highest BCUT2D eigenvalue weighted by Crippen LogP contribution is 2.46. The zero-order valence-corrected chi connectivity index (χ0v) is 20.9. The van der Waals surface area contributed by atoms with Crippen LogP contribution in [-0.4, -0.2) is 38.0 Å². The molecule has 2 N–H and O–H groups in total. The van der Waals surface area contributed by atoms with E-state index in [1.807, 2.05) is 19.9 Å². The van der Waals surface area contributed by atoms with E-state index in [1.165, 1.54) is 6.07 Å². The molecule has 0 spiro atoms. The number of halogens is 1. The number of carboxylic acids is 1. The van der Waals surface area contributed by atoms with Crippen molar-refractivity contribution in [1.82, 2.24) is 14.8 Å². The highest BCUT2D eigenvalue weighted by atomic mass is 19.1. The summed E-state index contributed by atoms with van der Waals surface area (Å²) in [6.07, 6.45) is 3.04. The molecule has 36 heavy (non-hydrogen) atoms. The number of aryl methyl sites for hydroxylation is 1. The van der Waals surface area contributed by atoms with Crippen molar-refractivity contribution >= 4 is 27.8 Å². The molecular weight excluding hydrogens is 459 g/mol. The van der Waals surface area contributed by atoms with Crippen molar-refractivity contribution in [2.75, 3.05) is 6.61 Å². The van der Waals surface area contributed by atoms with Gasteiger partial charge in [-0.3, -0.25) is 5.10 Å². The minimum absolute atomic E-state index is 0.0731. The standard InChI is InChI=1S/C28H29FN4O3/c1-16-11-19(5-6-21(16)29)33-23-12-18-14-31-32-22(18)13-20(23)24(25(33)27(2,3)9-10-30)17-7-8-28(4,26(34)35)36-15-17/h5-6,11-14,17H,7-9,15H2,1-4H3,(H,31,32)(H,34,35)/t17?,28-/m0/s1. The molecule has 1 fully saturated rings. The Kier molecular flexibility index (Phi) is 5.64. The summed E-state index contributed by atoms with van der Waals surface area (Å²) < 4.78 is 22.3. The number of nitriles is 1. The van der Waals surface area contributed by atoms with Crippen molar-refractivity contribution in [1.29, 1.82) is 5.26 Å². The molecule has 5 rings (SSSR count). The Balaban J connectivity index is 1.83. The molecule has 0 radical (unpaired) electrons. The third kappa shape index (κ3) is 3.75. The van der Waals surface area contributed by atoms with Crippen LogP contribution in [0.25, 0.3) is 27.5 Å². The van der Waals surface area contributed by atoms with Crippen LogP contribution in [-0.2, 0) is 14.9 Å². The molecule has 8 heteroatoms. The lowest BCUT2D eigenvalue weighted by Gasteiger charge is -2.36. The second kappa shape index (κ2) is 8.45. The van der Waals surface area contributed by atoms with Gasteiger partial charge in [0.05, 0.1) is 29.9 Å². The van der Waals surface area contributed by atoms with Gasteiger partial charge in [-0.1, -0.05) is 13.8 Å². The van der Waals surface area contributed by atoms with Gasteiger partial charge in [-0.25, -0.2) is 9.18 Å². The topological polar surface area (TPSA) is 104 Å². The monoisotopic (exact) mass is 488 g/mol. The van der Waals surface area contributed by atoms with E-state index in [0.29, 0.717) is 18.4 Å². The Labute approximate surface area is 208 Å². The minimum Gasteiger partial charge on any atom is -0.479 e. The fraction of sp³-hybridized carbons (Fsp3) is 0.393. The average molecular weight is 489 g/mol. The summed E-state index contributed by atoms with van der Waals surface area (Å²) in [5.41, 5.74) is 3.37. The first-order valence-electron chi connectivity index (χ1n) is 12.1. The number of fused-ring (bicyclic) bond motifs is 2. The summed E-state index contributed by atoms with van der Waals surface area (Å²) >= 11 is 0. The summed E-state index contributed by atoms with van der Waals surface area (Å²) in [6.45, 7) is 7.69. The number of hydrogen-bond donors (Lipinski definition) is 2. The minimum atomic E-state index is -1.22. The van der Waals surface area contributed by atoms with Crippen LogP contribution in [0.15, 0.2) is 36.5 Å². The van der Waals surface area contributed by atoms with Gasteiger partial charge in [-0.2, -0.15) is 10.4 Å². The zero-order valence-electron chi connectivity index (χ0n) is 20.9. The average Bonchev–Trinajstić information content (AvgIpc) is 3.42. The Hall–Kier alpha value is -3.70. The number of benzene rings is 2. The molecule has 186 valence electrons. The molecule has 2 aromatic heterocycles. The first kappa shape index (κ1) is 24.0. The number of hydrogen-bond acceptors (Lipinski definition) is 4. The third-order valence-electron chi connectivity index (χ3n) is 7.56. The molecule has 1 unspecified atom stereocenters. The van der Waals surface area contributed by atoms with Crippen molar-refractivity contribution in [3.05, 3.63) is 59.2 Å². The molecule has 0 amide bonds. The molecule has 1 aliphatic heterocycles. The largest absolute Gasteiger partial charge is 0.479 e. The molecule has 3 heterocycles. The van der Waals surface area contributed by atoms with Gasteiger partial charge in [0, 0.05) is 39.9 Å². The Morgan fingerprint density at radius 1 is 1.39 bits per heavy atom. The van der Waals surface area contributed by atoms with Gasteiger partial charge in [0.15, 0.2) is 5.60 Å². The molecule has 7 nitrogen and oxygen atoms in total. The number of nitrogens with zero attached hydrogens (tertiary/aromatic N) is 3. The van der Waals surface area contributed by atoms with Crippen molar-refractivity contribution in [3.8, 4) is 11.8 Å². The van der Waals surface area contributed by atoms with Crippen molar-refractivity contribution in [2.24, 2.45) is 0 Å². The maximum absolute atomic E-state index is 14.3. The smallest absolute Gasteiger partial charge is 0.335 e. The molecular formula is C28H29FN4O3. The molecule has 1 aliphatic rings. The van der Waals surface area contributed by atoms with Gasteiger partial charge in [0.2, 0.25) is 0 Å². The van der Waals surface area contributed by atoms with Gasteiger partial charge in [0.25, 0.3) is 0 Å². The SMILES string of the molecule is Cc1cc(-n2c(C(C)(C)CC#N)c(C3CC[C@@](C)(C(=O)O)OC3)c3cc4[nH]ncc4cc32)ccc1F. The van der Waals surface area contributed by atoms with Gasteiger partial charge < -0.3 is 14.4 Å². The van der Waals surface area contributed by atoms with Crippen molar-refractivity contribution < 1.29 is 19.0 Å². The number of carbonyl (C=O) groups is 1. The van der Waals surface area contributed by atoms with Crippen LogP contribution in [0.5, 0.6) is 0 Å². The highest BCUT2D eigenvalue weighted by molar-refractivity contribution is 5.99. The van der Waals surface area contributed by atoms with Crippen LogP contribution >= 0.6 is 0 Å². The van der Waals surface area contributed by atoms with Gasteiger partial charge in [-0.05, 0) is 68.1 Å². The van der Waals surface area contributed by atoms with Gasteiger partial charge in [0.1, 0.15) is 5.82 Å². The number of aromatic nitrogens is 3. The van der Waals surface area contributed by atoms with Crippen molar-refractivity contribution in [3.63, 3.8) is 0 Å². The van der Waals surface area contributed by atoms with Crippen LogP contribution in [0.2, 0.25) is 0 Å². The number of aromatic amines is 1. The van der Waals surface area contributed by atoms with Crippen LogP contribution < -0.4 is 0 Å².